The van der Waals surface area contributed by atoms with Crippen LogP contribution in [0.5, 0.6) is 0 Å². The molecule has 0 aromatic carbocycles. The van der Waals surface area contributed by atoms with Crippen molar-refractivity contribution >= 4 is 5.95 Å². The van der Waals surface area contributed by atoms with Crippen LogP contribution in [-0.4, -0.2) is 26.1 Å². The summed E-state index contributed by atoms with van der Waals surface area (Å²) in [5.41, 5.74) is 3.20. The number of nitrogens with zero attached hydrogens (tertiary/aromatic N) is 5. The van der Waals surface area contributed by atoms with Gasteiger partial charge in [-0.05, 0) is 31.0 Å². The summed E-state index contributed by atoms with van der Waals surface area (Å²) in [5.74, 6) is 1.59. The second kappa shape index (κ2) is 7.06. The minimum Gasteiger partial charge on any atom is -0.467 e. The Kier molecular flexibility index (Phi) is 4.47. The van der Waals surface area contributed by atoms with Crippen molar-refractivity contribution in [1.29, 1.82) is 0 Å². The normalized spacial score (nSPS) is 14.4. The van der Waals surface area contributed by atoms with Gasteiger partial charge >= 0.3 is 0 Å². The zero-order chi connectivity index (χ0) is 17.1. The van der Waals surface area contributed by atoms with E-state index in [0.717, 1.165) is 49.0 Å². The minimum atomic E-state index is 0.448. The topological polar surface area (TPSA) is 69.2 Å². The predicted octanol–water partition coefficient (Wildman–Crippen LogP) is 2.70. The Morgan fingerprint density at radius 1 is 1.16 bits per heavy atom. The van der Waals surface area contributed by atoms with Crippen molar-refractivity contribution in [2.75, 3.05) is 11.4 Å². The fourth-order valence-electron chi connectivity index (χ4n) is 3.00. The van der Waals surface area contributed by atoms with Crippen LogP contribution < -0.4 is 4.90 Å². The molecule has 0 atom stereocenters. The number of furan rings is 1. The van der Waals surface area contributed by atoms with E-state index in [2.05, 4.69) is 24.4 Å². The first-order valence-corrected chi connectivity index (χ1v) is 8.46. The van der Waals surface area contributed by atoms with Crippen molar-refractivity contribution in [3.8, 4) is 0 Å². The average Bonchev–Trinajstić information content (AvgIpc) is 3.21. The third kappa shape index (κ3) is 3.56. The maximum atomic E-state index is 5.77. The van der Waals surface area contributed by atoms with Gasteiger partial charge < -0.3 is 18.6 Å². The van der Waals surface area contributed by atoms with Crippen molar-refractivity contribution in [2.24, 2.45) is 0 Å². The summed E-state index contributed by atoms with van der Waals surface area (Å²) in [7, 11) is 0. The Hall–Kier alpha value is -2.67. The van der Waals surface area contributed by atoms with E-state index in [1.54, 1.807) is 6.26 Å². The Morgan fingerprint density at radius 2 is 2.04 bits per heavy atom. The maximum absolute atomic E-state index is 5.77. The van der Waals surface area contributed by atoms with Crippen LogP contribution in [0.25, 0.3) is 0 Å². The number of ether oxygens (including phenoxy) is 1. The quantitative estimate of drug-likeness (QED) is 0.712. The highest BCUT2D eigenvalue weighted by molar-refractivity contribution is 5.32. The molecule has 3 aromatic rings. The van der Waals surface area contributed by atoms with Crippen LogP contribution in [0.4, 0.5) is 5.95 Å². The van der Waals surface area contributed by atoms with Crippen molar-refractivity contribution < 1.29 is 9.15 Å². The molecular formula is C18H21N5O2. The lowest BCUT2D eigenvalue weighted by atomic mass is 10.3. The highest BCUT2D eigenvalue weighted by Crippen LogP contribution is 2.20. The van der Waals surface area contributed by atoms with Gasteiger partial charge in [-0.1, -0.05) is 0 Å². The number of hydrogen-bond acceptors (Lipinski definition) is 6. The first-order valence-electron chi connectivity index (χ1n) is 8.46. The fraction of sp³-hybridized carbons (Fsp3) is 0.389. The zero-order valence-electron chi connectivity index (χ0n) is 14.3. The molecule has 0 saturated heterocycles. The Bertz CT molecular complexity index is 811. The standard InChI is InChI=1S/C18H21N5O2/c1-14-8-19-18(20-9-14)22-5-3-6-23-13-21-16(17(23)10-22)12-24-11-15-4-2-7-25-15/h2,4,7-9,13H,3,5-6,10-12H2,1H3. The SMILES string of the molecule is Cc1cnc(N2CCCn3cnc(COCc4ccco4)c3C2)nc1. The number of fused-ring (bicyclic) bond motifs is 1. The van der Waals surface area contributed by atoms with E-state index < -0.39 is 0 Å². The Morgan fingerprint density at radius 3 is 2.84 bits per heavy atom. The molecule has 0 fully saturated rings. The van der Waals surface area contributed by atoms with Crippen LogP contribution >= 0.6 is 0 Å². The molecule has 7 heteroatoms. The van der Waals surface area contributed by atoms with Crippen LogP contribution in [-0.2, 0) is 31.0 Å². The molecule has 0 radical (unpaired) electrons. The third-order valence-corrected chi connectivity index (χ3v) is 4.31. The van der Waals surface area contributed by atoms with Gasteiger partial charge in [-0.25, -0.2) is 15.0 Å². The number of imidazole rings is 1. The van der Waals surface area contributed by atoms with Gasteiger partial charge in [0.05, 0.1) is 37.1 Å². The fourth-order valence-corrected chi connectivity index (χ4v) is 3.00. The summed E-state index contributed by atoms with van der Waals surface area (Å²) in [5, 5.41) is 0. The smallest absolute Gasteiger partial charge is 0.225 e. The molecule has 0 bridgehead atoms. The van der Waals surface area contributed by atoms with Crippen molar-refractivity contribution in [1.82, 2.24) is 19.5 Å². The molecule has 0 unspecified atom stereocenters. The Labute approximate surface area is 146 Å². The van der Waals surface area contributed by atoms with Gasteiger partial charge in [0.25, 0.3) is 0 Å². The van der Waals surface area contributed by atoms with Crippen LogP contribution in [0.2, 0.25) is 0 Å². The van der Waals surface area contributed by atoms with Crippen molar-refractivity contribution in [2.45, 2.75) is 39.6 Å². The second-order valence-electron chi connectivity index (χ2n) is 6.24. The monoisotopic (exact) mass is 339 g/mol. The second-order valence-corrected chi connectivity index (χ2v) is 6.24. The summed E-state index contributed by atoms with van der Waals surface area (Å²) in [6.45, 7) is 5.52. The van der Waals surface area contributed by atoms with Crippen LogP contribution in [0.3, 0.4) is 0 Å². The summed E-state index contributed by atoms with van der Waals surface area (Å²) in [4.78, 5) is 15.7. The first-order chi connectivity index (χ1) is 12.3. The van der Waals surface area contributed by atoms with E-state index in [9.17, 15) is 0 Å². The molecule has 0 aliphatic carbocycles. The van der Waals surface area contributed by atoms with Gasteiger partial charge in [-0.3, -0.25) is 0 Å². The van der Waals surface area contributed by atoms with Crippen molar-refractivity contribution in [3.63, 3.8) is 0 Å². The van der Waals surface area contributed by atoms with E-state index in [1.807, 2.05) is 37.8 Å². The van der Waals surface area contributed by atoms with E-state index in [4.69, 9.17) is 9.15 Å². The van der Waals surface area contributed by atoms with Crippen LogP contribution in [0.1, 0.15) is 29.1 Å². The molecule has 0 N–H and O–H groups in total. The van der Waals surface area contributed by atoms with Gasteiger partial charge in [0.15, 0.2) is 0 Å². The van der Waals surface area contributed by atoms with Crippen LogP contribution in [0, 0.1) is 6.92 Å². The largest absolute Gasteiger partial charge is 0.467 e. The van der Waals surface area contributed by atoms with E-state index in [1.165, 1.54) is 5.69 Å². The lowest BCUT2D eigenvalue weighted by molar-refractivity contribution is 0.0902. The van der Waals surface area contributed by atoms with E-state index in [0.29, 0.717) is 13.2 Å². The average molecular weight is 339 g/mol. The summed E-state index contributed by atoms with van der Waals surface area (Å²) in [6, 6.07) is 3.77. The van der Waals surface area contributed by atoms with Gasteiger partial charge in [-0.2, -0.15) is 0 Å². The minimum absolute atomic E-state index is 0.448. The Balaban J connectivity index is 1.47. The summed E-state index contributed by atoms with van der Waals surface area (Å²) >= 11 is 0. The molecule has 1 aliphatic heterocycles. The molecule has 0 amide bonds. The van der Waals surface area contributed by atoms with E-state index in [-0.39, 0.29) is 0 Å². The summed E-state index contributed by atoms with van der Waals surface area (Å²) < 4.78 is 13.3. The number of rotatable bonds is 5. The number of anilines is 1. The van der Waals surface area contributed by atoms with Gasteiger partial charge in [0.2, 0.25) is 5.95 Å². The maximum Gasteiger partial charge on any atom is 0.225 e. The molecule has 25 heavy (non-hydrogen) atoms. The molecule has 4 rings (SSSR count). The lowest BCUT2D eigenvalue weighted by Crippen LogP contribution is -2.25. The lowest BCUT2D eigenvalue weighted by Gasteiger charge is -2.20. The number of hydrogen-bond donors (Lipinski definition) is 0. The van der Waals surface area contributed by atoms with Crippen molar-refractivity contribution in [3.05, 3.63) is 59.8 Å². The molecule has 7 nitrogen and oxygen atoms in total. The molecule has 0 spiro atoms. The number of aryl methyl sites for hydroxylation is 2. The molecule has 0 saturated carbocycles. The third-order valence-electron chi connectivity index (χ3n) is 4.31. The summed E-state index contributed by atoms with van der Waals surface area (Å²) in [6.07, 6.45) is 8.31. The first kappa shape index (κ1) is 15.8. The van der Waals surface area contributed by atoms with Gasteiger partial charge in [-0.15, -0.1) is 0 Å². The highest BCUT2D eigenvalue weighted by Gasteiger charge is 2.20. The number of aromatic nitrogens is 4. The molecule has 130 valence electrons. The predicted molar refractivity (Wildman–Crippen MR) is 91.9 cm³/mol. The van der Waals surface area contributed by atoms with Gasteiger partial charge in [0, 0.05) is 25.5 Å². The van der Waals surface area contributed by atoms with Crippen LogP contribution in [0.15, 0.2) is 41.5 Å². The van der Waals surface area contributed by atoms with Gasteiger partial charge in [0.1, 0.15) is 12.4 Å². The zero-order valence-corrected chi connectivity index (χ0v) is 14.3. The highest BCUT2D eigenvalue weighted by atomic mass is 16.5. The molecule has 3 aromatic heterocycles. The molecule has 4 heterocycles. The molecule has 1 aliphatic rings. The molecular weight excluding hydrogens is 318 g/mol. The van der Waals surface area contributed by atoms with E-state index >= 15 is 0 Å².